The molecule has 0 bridgehead atoms. The monoisotopic (exact) mass is 430 g/mol. The average Bonchev–Trinajstić information content (AvgIpc) is 3.44. The number of rotatable bonds is 4. The number of amides is 3. The highest BCUT2D eigenvalue weighted by Gasteiger charge is 2.49. The smallest absolute Gasteiger partial charge is 0.325 e. The van der Waals surface area contributed by atoms with Gasteiger partial charge in [-0.3, -0.25) is 10.1 Å². The second kappa shape index (κ2) is 7.49. The molecular weight excluding hydrogens is 408 g/mol. The van der Waals surface area contributed by atoms with Crippen LogP contribution in [0.25, 0.3) is 10.2 Å². The third kappa shape index (κ3) is 3.33. The van der Waals surface area contributed by atoms with E-state index in [2.05, 4.69) is 26.2 Å². The number of guanidine groups is 1. The number of aliphatic imine (C=N–C) groups is 1. The Kier molecular flexibility index (Phi) is 4.83. The molecule has 3 aliphatic rings. The van der Waals surface area contributed by atoms with Crippen molar-refractivity contribution < 1.29 is 9.59 Å². The molecule has 5 rings (SSSR count). The Morgan fingerprint density at radius 1 is 1.24 bits per heavy atom. The Balaban J connectivity index is 1.34. The predicted molar refractivity (Wildman–Crippen MR) is 114 cm³/mol. The lowest BCUT2D eigenvalue weighted by molar-refractivity contribution is -0.127. The number of nitrogens with one attached hydrogen (secondary N) is 1. The highest BCUT2D eigenvalue weighted by atomic mass is 32.2. The number of hydrogen-bond donors (Lipinski definition) is 1. The summed E-state index contributed by atoms with van der Waals surface area (Å²) in [6.45, 7) is 2.56. The Hall–Kier alpha value is -2.33. The van der Waals surface area contributed by atoms with Crippen LogP contribution in [-0.2, 0) is 4.79 Å². The third-order valence-electron chi connectivity index (χ3n) is 5.56. The summed E-state index contributed by atoms with van der Waals surface area (Å²) < 4.78 is 2.21. The molecule has 2 fully saturated rings. The highest BCUT2D eigenvalue weighted by Crippen LogP contribution is 2.31. The lowest BCUT2D eigenvalue weighted by atomic mass is 10.1. The molecule has 152 valence electrons. The molecule has 10 heteroatoms. The normalized spacial score (nSPS) is 24.3. The van der Waals surface area contributed by atoms with Gasteiger partial charge in [0.25, 0.3) is 5.91 Å². The second-order valence-electron chi connectivity index (χ2n) is 7.38. The van der Waals surface area contributed by atoms with E-state index in [1.807, 2.05) is 18.2 Å². The number of urea groups is 1. The summed E-state index contributed by atoms with van der Waals surface area (Å²) in [7, 11) is 1.70. The van der Waals surface area contributed by atoms with Crippen LogP contribution in [0.1, 0.15) is 12.8 Å². The minimum atomic E-state index is -0.468. The number of thioether (sulfide) groups is 1. The molecule has 0 saturated carbocycles. The van der Waals surface area contributed by atoms with E-state index in [4.69, 9.17) is 4.99 Å². The molecular formula is C19H22N6O2S2. The standard InChI is InChI=1S/C19H22N6O2S2/c1-23-15-14(16(26)22-18(23)27)25(17(21-15)24-8-4-5-9-24)10-11-28-19-20-12-6-2-3-7-13(12)29-19/h2-3,6-7,14-15H,4-5,8-11H2,1H3,(H,22,26,27). The molecule has 3 aliphatic heterocycles. The van der Waals surface area contributed by atoms with Gasteiger partial charge in [-0.2, -0.15) is 0 Å². The minimum Gasteiger partial charge on any atom is -0.343 e. The summed E-state index contributed by atoms with van der Waals surface area (Å²) in [6.07, 6.45) is 1.80. The van der Waals surface area contributed by atoms with Crippen molar-refractivity contribution in [3.8, 4) is 0 Å². The summed E-state index contributed by atoms with van der Waals surface area (Å²) in [6, 6.07) is 7.28. The zero-order valence-electron chi connectivity index (χ0n) is 16.1. The number of fused-ring (bicyclic) bond motifs is 2. The molecule has 3 amide bonds. The first kappa shape index (κ1) is 18.7. The summed E-state index contributed by atoms with van der Waals surface area (Å²) in [5, 5.41) is 2.46. The third-order valence-corrected chi connectivity index (χ3v) is 7.72. The number of likely N-dealkylation sites (tertiary alicyclic amines) is 1. The van der Waals surface area contributed by atoms with E-state index in [0.717, 1.165) is 47.5 Å². The van der Waals surface area contributed by atoms with Gasteiger partial charge in [0.15, 0.2) is 22.5 Å². The first-order chi connectivity index (χ1) is 14.1. The largest absolute Gasteiger partial charge is 0.343 e. The number of imide groups is 1. The SMILES string of the molecule is CN1C(=O)NC(=O)C2C1N=C(N1CCCC1)N2CCSc1nc2ccccc2s1. The zero-order chi connectivity index (χ0) is 20.0. The van der Waals surface area contributed by atoms with Crippen LogP contribution in [0.2, 0.25) is 0 Å². The van der Waals surface area contributed by atoms with Gasteiger partial charge in [0, 0.05) is 32.4 Å². The van der Waals surface area contributed by atoms with E-state index in [9.17, 15) is 9.59 Å². The Bertz CT molecular complexity index is 953. The first-order valence-corrected chi connectivity index (χ1v) is 11.6. The number of carbonyl (C=O) groups is 2. The molecule has 2 unspecified atom stereocenters. The molecule has 1 aromatic carbocycles. The number of carbonyl (C=O) groups excluding carboxylic acids is 2. The lowest BCUT2D eigenvalue weighted by Crippen LogP contribution is -2.64. The van der Waals surface area contributed by atoms with E-state index in [1.54, 1.807) is 30.1 Å². The van der Waals surface area contributed by atoms with Gasteiger partial charge in [-0.1, -0.05) is 23.9 Å². The average molecular weight is 431 g/mol. The van der Waals surface area contributed by atoms with Gasteiger partial charge < -0.3 is 14.7 Å². The number of likely N-dealkylation sites (N-methyl/N-ethyl adjacent to an activating group) is 1. The number of nitrogens with zero attached hydrogens (tertiary/aromatic N) is 5. The summed E-state index contributed by atoms with van der Waals surface area (Å²) >= 11 is 3.39. The van der Waals surface area contributed by atoms with E-state index in [1.165, 1.54) is 9.60 Å². The van der Waals surface area contributed by atoms with Crippen LogP contribution < -0.4 is 5.32 Å². The van der Waals surface area contributed by atoms with E-state index >= 15 is 0 Å². The van der Waals surface area contributed by atoms with Crippen molar-refractivity contribution in [2.45, 2.75) is 29.4 Å². The van der Waals surface area contributed by atoms with Crippen LogP contribution >= 0.6 is 23.1 Å². The van der Waals surface area contributed by atoms with Crippen LogP contribution in [0.5, 0.6) is 0 Å². The summed E-state index contributed by atoms with van der Waals surface area (Å²) in [5.41, 5.74) is 1.02. The molecule has 2 saturated heterocycles. The Morgan fingerprint density at radius 2 is 2.03 bits per heavy atom. The molecule has 2 atom stereocenters. The number of thiazole rings is 1. The number of para-hydroxylation sites is 1. The van der Waals surface area contributed by atoms with E-state index in [-0.39, 0.29) is 11.9 Å². The number of benzene rings is 1. The summed E-state index contributed by atoms with van der Waals surface area (Å²) in [4.78, 5) is 40.0. The molecule has 0 spiro atoms. The second-order valence-corrected chi connectivity index (χ2v) is 9.75. The van der Waals surface area contributed by atoms with E-state index in [0.29, 0.717) is 6.54 Å². The lowest BCUT2D eigenvalue weighted by Gasteiger charge is -2.37. The van der Waals surface area contributed by atoms with Gasteiger partial charge in [0.2, 0.25) is 0 Å². The van der Waals surface area contributed by atoms with Gasteiger partial charge in [0.1, 0.15) is 0 Å². The maximum Gasteiger partial charge on any atom is 0.325 e. The van der Waals surface area contributed by atoms with Crippen LogP contribution in [0, 0.1) is 0 Å². The molecule has 4 heterocycles. The van der Waals surface area contributed by atoms with Crippen LogP contribution in [0.3, 0.4) is 0 Å². The van der Waals surface area contributed by atoms with Crippen molar-refractivity contribution in [2.24, 2.45) is 4.99 Å². The van der Waals surface area contributed by atoms with Gasteiger partial charge in [-0.15, -0.1) is 11.3 Å². The Morgan fingerprint density at radius 3 is 2.83 bits per heavy atom. The molecule has 1 N–H and O–H groups in total. The van der Waals surface area contributed by atoms with Gasteiger partial charge >= 0.3 is 6.03 Å². The minimum absolute atomic E-state index is 0.263. The van der Waals surface area contributed by atoms with Gasteiger partial charge in [0.05, 0.1) is 10.2 Å². The van der Waals surface area contributed by atoms with Crippen molar-refractivity contribution in [3.05, 3.63) is 24.3 Å². The fourth-order valence-electron chi connectivity index (χ4n) is 4.08. The van der Waals surface area contributed by atoms with E-state index < -0.39 is 12.2 Å². The highest BCUT2D eigenvalue weighted by molar-refractivity contribution is 8.01. The topological polar surface area (TPSA) is 81.1 Å². The Labute approximate surface area is 177 Å². The zero-order valence-corrected chi connectivity index (χ0v) is 17.7. The van der Waals surface area contributed by atoms with Crippen LogP contribution in [0.4, 0.5) is 4.79 Å². The number of hydrogen-bond acceptors (Lipinski definition) is 8. The molecule has 0 aliphatic carbocycles. The van der Waals surface area contributed by atoms with Crippen molar-refractivity contribution in [2.75, 3.05) is 32.4 Å². The fraction of sp³-hybridized carbons (Fsp3) is 0.474. The van der Waals surface area contributed by atoms with Crippen molar-refractivity contribution in [3.63, 3.8) is 0 Å². The quantitative estimate of drug-likeness (QED) is 0.748. The molecule has 0 radical (unpaired) electrons. The van der Waals surface area contributed by atoms with Crippen molar-refractivity contribution in [1.82, 2.24) is 25.0 Å². The number of aromatic nitrogens is 1. The molecule has 8 nitrogen and oxygen atoms in total. The fourth-order valence-corrected chi connectivity index (χ4v) is 6.15. The molecule has 1 aromatic heterocycles. The van der Waals surface area contributed by atoms with Gasteiger partial charge in [-0.25, -0.2) is 14.8 Å². The van der Waals surface area contributed by atoms with Crippen LogP contribution in [-0.4, -0.2) is 82.2 Å². The predicted octanol–water partition coefficient (Wildman–Crippen LogP) is 2.03. The first-order valence-electron chi connectivity index (χ1n) is 9.77. The molecule has 29 heavy (non-hydrogen) atoms. The maximum atomic E-state index is 12.6. The maximum absolute atomic E-state index is 12.6. The van der Waals surface area contributed by atoms with Crippen LogP contribution in [0.15, 0.2) is 33.6 Å². The molecule has 2 aromatic rings. The van der Waals surface area contributed by atoms with Gasteiger partial charge in [-0.05, 0) is 25.0 Å². The summed E-state index contributed by atoms with van der Waals surface area (Å²) in [5.74, 6) is 1.38. The van der Waals surface area contributed by atoms with Crippen molar-refractivity contribution >= 4 is 51.2 Å². The van der Waals surface area contributed by atoms with Crippen molar-refractivity contribution in [1.29, 1.82) is 0 Å².